The van der Waals surface area contributed by atoms with Crippen molar-refractivity contribution in [1.82, 2.24) is 29.9 Å². The van der Waals surface area contributed by atoms with Gasteiger partial charge in [0, 0.05) is 80.3 Å². The highest BCUT2D eigenvalue weighted by Gasteiger charge is 2.23. The zero-order chi connectivity index (χ0) is 43.0. The van der Waals surface area contributed by atoms with Crippen molar-refractivity contribution in [2.45, 2.75) is 43.7 Å². The van der Waals surface area contributed by atoms with Crippen LogP contribution in [0.1, 0.15) is 41.1 Å². The Bertz CT molecular complexity index is 3300. The van der Waals surface area contributed by atoms with E-state index in [9.17, 15) is 9.59 Å². The van der Waals surface area contributed by atoms with E-state index in [0.717, 1.165) is 67.3 Å². The van der Waals surface area contributed by atoms with Crippen LogP contribution >= 0.6 is 35.0 Å². The van der Waals surface area contributed by atoms with Gasteiger partial charge in [-0.25, -0.2) is 19.9 Å². The molecule has 1 fully saturated rings. The van der Waals surface area contributed by atoms with Crippen LogP contribution in [-0.4, -0.2) is 35.2 Å². The Morgan fingerprint density at radius 1 is 0.683 bits per heavy atom. The second kappa shape index (κ2) is 17.3. The lowest BCUT2D eigenvalue weighted by Crippen LogP contribution is -2.11. The summed E-state index contributed by atoms with van der Waals surface area (Å²) in [5, 5.41) is 5.68. The van der Waals surface area contributed by atoms with Crippen LogP contribution in [0.4, 0.5) is 5.69 Å². The predicted molar refractivity (Wildman–Crippen MR) is 258 cm³/mol. The zero-order valence-corrected chi connectivity index (χ0v) is 36.4. The summed E-state index contributed by atoms with van der Waals surface area (Å²) in [4.78, 5) is 53.6. The third-order valence-corrected chi connectivity index (χ3v) is 12.9. The molecule has 3 aromatic carbocycles. The molecule has 12 heteroatoms. The normalized spacial score (nSPS) is 12.6. The summed E-state index contributed by atoms with van der Waals surface area (Å²) < 4.78 is 0. The fraction of sp³-hybridized carbons (Fsp3) is 0.137. The van der Waals surface area contributed by atoms with E-state index in [1.54, 1.807) is 12.3 Å². The van der Waals surface area contributed by atoms with Crippen LogP contribution in [0.5, 0.6) is 0 Å². The van der Waals surface area contributed by atoms with Crippen molar-refractivity contribution in [1.29, 1.82) is 0 Å². The molecule has 3 N–H and O–H groups in total. The van der Waals surface area contributed by atoms with Crippen LogP contribution in [0.2, 0.25) is 10.3 Å². The SMILES string of the molecule is Cc1cc(-c2cc3c(=O)c(CSC4CC4)c[nH]c3nc2-c2cccc(Cc3cc(-c4cc5c(=O)cc(CNc6ccccc6)[nH]c5nc4-c4ccccc4)cc(Cl)n3)c2)cc(Cl)n1. The summed E-state index contributed by atoms with van der Waals surface area (Å²) in [6.45, 7) is 2.33. The maximum Gasteiger partial charge on any atom is 0.195 e. The molecule has 9 aromatic rings. The molecule has 0 amide bonds. The van der Waals surface area contributed by atoms with Crippen LogP contribution in [0.15, 0.2) is 143 Å². The molecule has 0 atom stereocenters. The molecular weight excluding hydrogens is 846 g/mol. The molecule has 9 nitrogen and oxygen atoms in total. The number of benzene rings is 3. The summed E-state index contributed by atoms with van der Waals surface area (Å²) in [5.41, 5.74) is 12.0. The highest BCUT2D eigenvalue weighted by atomic mass is 35.5. The van der Waals surface area contributed by atoms with Crippen molar-refractivity contribution >= 4 is 62.7 Å². The first kappa shape index (κ1) is 40.5. The summed E-state index contributed by atoms with van der Waals surface area (Å²) in [7, 11) is 0. The smallest absolute Gasteiger partial charge is 0.195 e. The molecule has 0 radical (unpaired) electrons. The van der Waals surface area contributed by atoms with Gasteiger partial charge in [0.2, 0.25) is 0 Å². The highest BCUT2D eigenvalue weighted by molar-refractivity contribution is 7.99. The third-order valence-electron chi connectivity index (χ3n) is 11.1. The van der Waals surface area contributed by atoms with E-state index < -0.39 is 0 Å². The fourth-order valence-electron chi connectivity index (χ4n) is 7.90. The van der Waals surface area contributed by atoms with Gasteiger partial charge >= 0.3 is 0 Å². The van der Waals surface area contributed by atoms with Gasteiger partial charge in [-0.3, -0.25) is 9.59 Å². The van der Waals surface area contributed by atoms with Crippen LogP contribution < -0.4 is 16.2 Å². The molecule has 0 saturated heterocycles. The van der Waals surface area contributed by atoms with Gasteiger partial charge < -0.3 is 15.3 Å². The van der Waals surface area contributed by atoms with Crippen LogP contribution in [0, 0.1) is 6.92 Å². The Morgan fingerprint density at radius 2 is 1.37 bits per heavy atom. The number of hydrogen-bond donors (Lipinski definition) is 3. The van der Waals surface area contributed by atoms with Crippen molar-refractivity contribution in [3.8, 4) is 44.8 Å². The van der Waals surface area contributed by atoms with E-state index >= 15 is 0 Å². The van der Waals surface area contributed by atoms with Gasteiger partial charge in [-0.1, -0.05) is 89.9 Å². The molecule has 1 aliphatic carbocycles. The molecule has 310 valence electrons. The molecule has 1 saturated carbocycles. The van der Waals surface area contributed by atoms with Crippen molar-refractivity contribution in [2.75, 3.05) is 5.32 Å². The molecule has 0 bridgehead atoms. The Morgan fingerprint density at radius 3 is 2.13 bits per heavy atom. The van der Waals surface area contributed by atoms with E-state index in [1.807, 2.05) is 134 Å². The average molecular weight is 885 g/mol. The number of pyridine rings is 6. The number of rotatable bonds is 12. The first-order valence-corrected chi connectivity index (χ1v) is 22.5. The number of nitrogens with zero attached hydrogens (tertiary/aromatic N) is 4. The number of para-hydroxylation sites is 1. The van der Waals surface area contributed by atoms with Crippen LogP contribution in [0.25, 0.3) is 66.8 Å². The minimum absolute atomic E-state index is 0.0202. The summed E-state index contributed by atoms with van der Waals surface area (Å²) >= 11 is 15.2. The van der Waals surface area contributed by atoms with E-state index in [2.05, 4.69) is 26.3 Å². The van der Waals surface area contributed by atoms with Gasteiger partial charge in [-0.15, -0.1) is 0 Å². The Kier molecular flexibility index (Phi) is 11.1. The molecule has 0 unspecified atom stereocenters. The number of hydrogen-bond acceptors (Lipinski definition) is 8. The number of aryl methyl sites for hydroxylation is 1. The Balaban J connectivity index is 1.02. The molecule has 10 rings (SSSR count). The second-order valence-corrected chi connectivity index (χ2v) is 17.9. The van der Waals surface area contributed by atoms with Gasteiger partial charge in [0.1, 0.15) is 21.6 Å². The maximum atomic E-state index is 13.9. The lowest BCUT2D eigenvalue weighted by molar-refractivity contribution is 1.05. The molecule has 6 heterocycles. The number of thioether (sulfide) groups is 1. The fourth-order valence-corrected chi connectivity index (χ4v) is 9.48. The van der Waals surface area contributed by atoms with E-state index in [-0.39, 0.29) is 10.9 Å². The third kappa shape index (κ3) is 8.88. The minimum Gasteiger partial charge on any atom is -0.379 e. The second-order valence-electron chi connectivity index (χ2n) is 15.8. The lowest BCUT2D eigenvalue weighted by atomic mass is 9.95. The van der Waals surface area contributed by atoms with Gasteiger partial charge in [0.05, 0.1) is 28.7 Å². The van der Waals surface area contributed by atoms with Crippen LogP contribution in [0.3, 0.4) is 0 Å². The number of nitrogens with one attached hydrogen (secondary N) is 3. The highest BCUT2D eigenvalue weighted by Crippen LogP contribution is 2.38. The minimum atomic E-state index is -0.137. The quantitative estimate of drug-likeness (QED) is 0.103. The largest absolute Gasteiger partial charge is 0.379 e. The van der Waals surface area contributed by atoms with Gasteiger partial charge in [-0.05, 0) is 91.1 Å². The van der Waals surface area contributed by atoms with E-state index in [0.29, 0.717) is 67.7 Å². The first-order valence-electron chi connectivity index (χ1n) is 20.7. The number of aromatic amines is 2. The standard InChI is InChI=1S/C51H39Cl2N7O2S/c1-29-17-33(21-45(52)56-29)41-25-43-49(62)35(28-63-39-15-16-39)26-55-50(43)59-48(41)32-12-8-9-30(18-32)19-37-20-34(22-46(53)57-37)40-24-42-44(61)23-38(27-54-36-13-6-3-7-14-36)58-51(42)60-47(40)31-10-4-2-5-11-31/h2-14,17-18,20-26,39,54H,15-16,19,27-28H2,1H3,(H,55,59,62)(H,58,60,61). The van der Waals surface area contributed by atoms with E-state index in [1.165, 1.54) is 12.8 Å². The molecule has 1 aliphatic rings. The summed E-state index contributed by atoms with van der Waals surface area (Å²) in [5.74, 6) is 0.659. The van der Waals surface area contributed by atoms with Crippen LogP contribution in [-0.2, 0) is 18.7 Å². The van der Waals surface area contributed by atoms with Gasteiger partial charge in [-0.2, -0.15) is 11.8 Å². The topological polar surface area (TPSA) is 129 Å². The van der Waals surface area contributed by atoms with Gasteiger partial charge in [0.25, 0.3) is 0 Å². The summed E-state index contributed by atoms with van der Waals surface area (Å²) in [6.07, 6.45) is 4.66. The number of aromatic nitrogens is 6. The monoisotopic (exact) mass is 883 g/mol. The number of halogens is 2. The van der Waals surface area contributed by atoms with Crippen molar-refractivity contribution in [2.24, 2.45) is 0 Å². The number of H-pyrrole nitrogens is 2. The van der Waals surface area contributed by atoms with Crippen molar-refractivity contribution in [3.05, 3.63) is 193 Å². The van der Waals surface area contributed by atoms with Crippen molar-refractivity contribution < 1.29 is 0 Å². The Labute approximate surface area is 377 Å². The number of fused-ring (bicyclic) bond motifs is 2. The zero-order valence-electron chi connectivity index (χ0n) is 34.1. The average Bonchev–Trinajstić information content (AvgIpc) is 4.12. The Hall–Kier alpha value is -6.59. The maximum absolute atomic E-state index is 13.9. The molecule has 0 aliphatic heterocycles. The molecule has 63 heavy (non-hydrogen) atoms. The van der Waals surface area contributed by atoms with Crippen molar-refractivity contribution in [3.63, 3.8) is 0 Å². The predicted octanol–water partition coefficient (Wildman–Crippen LogP) is 11.8. The summed E-state index contributed by atoms with van der Waals surface area (Å²) in [6, 6.07) is 40.9. The molecule has 0 spiro atoms. The molecular formula is C51H39Cl2N7O2S. The first-order chi connectivity index (χ1) is 30.7. The lowest BCUT2D eigenvalue weighted by Gasteiger charge is -2.15. The number of anilines is 1. The van der Waals surface area contributed by atoms with E-state index in [4.69, 9.17) is 38.2 Å². The van der Waals surface area contributed by atoms with Gasteiger partial charge in [0.15, 0.2) is 10.9 Å². The molecule has 6 aromatic heterocycles.